The molecule has 0 fully saturated rings. The topological polar surface area (TPSA) is 75.1 Å². The lowest BCUT2D eigenvalue weighted by Crippen LogP contribution is -2.39. The highest BCUT2D eigenvalue weighted by Crippen LogP contribution is 2.23. The van der Waals surface area contributed by atoms with Gasteiger partial charge in [0.2, 0.25) is 0 Å². The Hall–Kier alpha value is -1.95. The first-order valence-corrected chi connectivity index (χ1v) is 7.17. The average molecular weight is 295 g/mol. The minimum Gasteiger partial charge on any atom is -0.508 e. The van der Waals surface area contributed by atoms with E-state index in [0.717, 1.165) is 12.1 Å². The van der Waals surface area contributed by atoms with Crippen molar-refractivity contribution in [2.24, 2.45) is 4.99 Å². The third-order valence-corrected chi connectivity index (χ3v) is 2.78. The molecule has 0 unspecified atom stereocenters. The van der Waals surface area contributed by atoms with Crippen molar-refractivity contribution in [3.8, 4) is 11.5 Å². The van der Waals surface area contributed by atoms with Crippen LogP contribution in [0.15, 0.2) is 23.2 Å². The zero-order valence-electron chi connectivity index (χ0n) is 13.0. The molecule has 0 heterocycles. The van der Waals surface area contributed by atoms with Gasteiger partial charge < -0.3 is 25.2 Å². The van der Waals surface area contributed by atoms with Crippen molar-refractivity contribution >= 4 is 5.96 Å². The van der Waals surface area contributed by atoms with Crippen molar-refractivity contribution in [3.63, 3.8) is 0 Å². The van der Waals surface area contributed by atoms with E-state index in [-0.39, 0.29) is 5.75 Å². The van der Waals surface area contributed by atoms with Gasteiger partial charge in [-0.15, -0.1) is 0 Å². The minimum atomic E-state index is 0.213. The lowest BCUT2D eigenvalue weighted by atomic mass is 10.2. The fraction of sp³-hybridized carbons (Fsp3) is 0.533. The molecule has 3 N–H and O–H groups in total. The zero-order chi connectivity index (χ0) is 15.5. The first-order chi connectivity index (χ1) is 10.2. The molecular weight excluding hydrogens is 270 g/mol. The number of rotatable bonds is 8. The molecule has 21 heavy (non-hydrogen) atoms. The second-order valence-corrected chi connectivity index (χ2v) is 4.31. The molecule has 6 heteroatoms. The maximum atomic E-state index is 9.83. The summed E-state index contributed by atoms with van der Waals surface area (Å²) in [5.41, 5.74) is 0.719. The third kappa shape index (κ3) is 6.35. The molecule has 118 valence electrons. The highest BCUT2D eigenvalue weighted by molar-refractivity contribution is 5.79. The lowest BCUT2D eigenvalue weighted by molar-refractivity contribution is 0.152. The Labute approximate surface area is 126 Å². The summed E-state index contributed by atoms with van der Waals surface area (Å²) in [4.78, 5) is 4.44. The Bertz CT molecular complexity index is 450. The number of phenols is 1. The molecule has 0 aliphatic heterocycles. The van der Waals surface area contributed by atoms with E-state index in [9.17, 15) is 5.11 Å². The van der Waals surface area contributed by atoms with Crippen molar-refractivity contribution in [3.05, 3.63) is 23.8 Å². The first-order valence-electron chi connectivity index (χ1n) is 7.17. The van der Waals surface area contributed by atoms with Gasteiger partial charge in [0.1, 0.15) is 11.5 Å². The van der Waals surface area contributed by atoms with Gasteiger partial charge in [-0.25, -0.2) is 4.99 Å². The summed E-state index contributed by atoms with van der Waals surface area (Å²) in [5.74, 6) is 1.61. The van der Waals surface area contributed by atoms with E-state index in [1.165, 1.54) is 0 Å². The largest absolute Gasteiger partial charge is 0.508 e. The van der Waals surface area contributed by atoms with Crippen LogP contribution in [0.3, 0.4) is 0 Å². The van der Waals surface area contributed by atoms with Crippen LogP contribution in [-0.4, -0.2) is 44.5 Å². The maximum absolute atomic E-state index is 9.83. The molecule has 1 aromatic rings. The number of nitrogens with one attached hydrogen (secondary N) is 2. The van der Waals surface area contributed by atoms with Crippen molar-refractivity contribution < 1.29 is 14.6 Å². The van der Waals surface area contributed by atoms with Gasteiger partial charge in [-0.3, -0.25) is 0 Å². The van der Waals surface area contributed by atoms with E-state index >= 15 is 0 Å². The molecule has 0 amide bonds. The Kier molecular flexibility index (Phi) is 8.04. The van der Waals surface area contributed by atoms with Gasteiger partial charge in [-0.1, -0.05) is 0 Å². The molecular formula is C15H25N3O3. The van der Waals surface area contributed by atoms with Gasteiger partial charge in [0.25, 0.3) is 0 Å². The number of hydrogen-bond donors (Lipinski definition) is 3. The van der Waals surface area contributed by atoms with E-state index in [0.29, 0.717) is 38.0 Å². The Morgan fingerprint density at radius 3 is 2.76 bits per heavy atom. The van der Waals surface area contributed by atoms with Gasteiger partial charge in [0, 0.05) is 25.3 Å². The predicted molar refractivity (Wildman–Crippen MR) is 84.0 cm³/mol. The standard InChI is InChI=1S/C15H25N3O3/c1-4-16-15(17-8-9-21-5-2)18-11-12-10-13(20-3)6-7-14(12)19/h6-7,10,19H,4-5,8-9,11H2,1-3H3,(H2,16,17,18). The molecule has 0 saturated heterocycles. The summed E-state index contributed by atoms with van der Waals surface area (Å²) < 4.78 is 10.4. The molecule has 0 aromatic heterocycles. The summed E-state index contributed by atoms with van der Waals surface area (Å²) in [7, 11) is 1.60. The normalized spacial score (nSPS) is 11.3. The molecule has 1 aromatic carbocycles. The molecule has 0 aliphatic rings. The van der Waals surface area contributed by atoms with Crippen LogP contribution < -0.4 is 15.4 Å². The second kappa shape index (κ2) is 9.88. The lowest BCUT2D eigenvalue weighted by Gasteiger charge is -2.11. The quantitative estimate of drug-likeness (QED) is 0.385. The number of methoxy groups -OCH3 is 1. The highest BCUT2D eigenvalue weighted by Gasteiger charge is 2.04. The van der Waals surface area contributed by atoms with E-state index in [1.54, 1.807) is 25.3 Å². The summed E-state index contributed by atoms with van der Waals surface area (Å²) in [6.07, 6.45) is 0. The summed E-state index contributed by atoms with van der Waals surface area (Å²) in [6, 6.07) is 5.11. The summed E-state index contributed by atoms with van der Waals surface area (Å²) in [5, 5.41) is 16.2. The van der Waals surface area contributed by atoms with Gasteiger partial charge in [0.15, 0.2) is 5.96 Å². The molecule has 6 nitrogen and oxygen atoms in total. The van der Waals surface area contributed by atoms with E-state index in [4.69, 9.17) is 9.47 Å². The SMILES string of the molecule is CCNC(=NCc1cc(OC)ccc1O)NCCOCC. The van der Waals surface area contributed by atoms with Crippen molar-refractivity contribution in [1.82, 2.24) is 10.6 Å². The van der Waals surface area contributed by atoms with Crippen LogP contribution in [0.4, 0.5) is 0 Å². The Morgan fingerprint density at radius 1 is 1.29 bits per heavy atom. The van der Waals surface area contributed by atoms with Crippen LogP contribution in [0.2, 0.25) is 0 Å². The van der Waals surface area contributed by atoms with Gasteiger partial charge in [-0.05, 0) is 32.0 Å². The van der Waals surface area contributed by atoms with Crippen LogP contribution in [0, 0.1) is 0 Å². The number of hydrogen-bond acceptors (Lipinski definition) is 4. The van der Waals surface area contributed by atoms with Gasteiger partial charge >= 0.3 is 0 Å². The molecule has 0 saturated carbocycles. The van der Waals surface area contributed by atoms with Crippen LogP contribution >= 0.6 is 0 Å². The number of phenolic OH excluding ortho intramolecular Hbond substituents is 1. The van der Waals surface area contributed by atoms with Crippen LogP contribution in [0.1, 0.15) is 19.4 Å². The molecule has 0 spiro atoms. The Balaban J connectivity index is 2.64. The molecule has 0 radical (unpaired) electrons. The van der Waals surface area contributed by atoms with Crippen molar-refractivity contribution in [1.29, 1.82) is 0 Å². The molecule has 0 aliphatic carbocycles. The second-order valence-electron chi connectivity index (χ2n) is 4.31. The van der Waals surface area contributed by atoms with Crippen molar-refractivity contribution in [2.45, 2.75) is 20.4 Å². The molecule has 0 atom stereocenters. The monoisotopic (exact) mass is 295 g/mol. The molecule has 0 bridgehead atoms. The number of benzene rings is 1. The third-order valence-electron chi connectivity index (χ3n) is 2.78. The minimum absolute atomic E-state index is 0.213. The zero-order valence-corrected chi connectivity index (χ0v) is 13.0. The van der Waals surface area contributed by atoms with Crippen LogP contribution in [-0.2, 0) is 11.3 Å². The predicted octanol–water partition coefficient (Wildman–Crippen LogP) is 1.49. The number of nitrogens with zero attached hydrogens (tertiary/aromatic N) is 1. The van der Waals surface area contributed by atoms with Gasteiger partial charge in [0.05, 0.1) is 20.3 Å². The number of aromatic hydroxyl groups is 1. The fourth-order valence-corrected chi connectivity index (χ4v) is 1.71. The fourth-order valence-electron chi connectivity index (χ4n) is 1.71. The van der Waals surface area contributed by atoms with E-state index in [1.807, 2.05) is 13.8 Å². The Morgan fingerprint density at radius 2 is 2.10 bits per heavy atom. The number of guanidine groups is 1. The number of ether oxygens (including phenoxy) is 2. The van der Waals surface area contributed by atoms with Gasteiger partial charge in [-0.2, -0.15) is 0 Å². The first kappa shape index (κ1) is 17.1. The van der Waals surface area contributed by atoms with E-state index in [2.05, 4.69) is 15.6 Å². The summed E-state index contributed by atoms with van der Waals surface area (Å²) in [6.45, 7) is 7.12. The van der Waals surface area contributed by atoms with Crippen molar-refractivity contribution in [2.75, 3.05) is 33.4 Å². The van der Waals surface area contributed by atoms with Crippen LogP contribution in [0.25, 0.3) is 0 Å². The highest BCUT2D eigenvalue weighted by atomic mass is 16.5. The average Bonchev–Trinajstić information content (AvgIpc) is 2.50. The number of aliphatic imine (C=N–C) groups is 1. The van der Waals surface area contributed by atoms with Crippen LogP contribution in [0.5, 0.6) is 11.5 Å². The van der Waals surface area contributed by atoms with E-state index < -0.39 is 0 Å². The summed E-state index contributed by atoms with van der Waals surface area (Å²) >= 11 is 0. The smallest absolute Gasteiger partial charge is 0.191 e. The maximum Gasteiger partial charge on any atom is 0.191 e. The molecule has 1 rings (SSSR count).